The monoisotopic (exact) mass is 280 g/mol. The summed E-state index contributed by atoms with van der Waals surface area (Å²) in [5, 5.41) is 11.4. The summed E-state index contributed by atoms with van der Waals surface area (Å²) < 4.78 is 0. The van der Waals surface area contributed by atoms with Crippen molar-refractivity contribution < 1.29 is 9.59 Å². The molecule has 1 aromatic carbocycles. The average Bonchev–Trinajstić information content (AvgIpc) is 3.00. The van der Waals surface area contributed by atoms with Crippen LogP contribution in [0.3, 0.4) is 0 Å². The van der Waals surface area contributed by atoms with E-state index in [1.165, 1.54) is 12.3 Å². The number of benzene rings is 1. The van der Waals surface area contributed by atoms with Crippen molar-refractivity contribution in [3.05, 3.63) is 53.9 Å². The lowest BCUT2D eigenvalue weighted by Gasteiger charge is -2.38. The van der Waals surface area contributed by atoms with E-state index in [0.717, 1.165) is 5.69 Å². The largest absolute Gasteiger partial charge is 0.356 e. The average molecular weight is 280 g/mol. The third-order valence-corrected chi connectivity index (χ3v) is 3.36. The van der Waals surface area contributed by atoms with E-state index in [-0.39, 0.29) is 17.5 Å². The standard InChI is InChI=1S/C15H12N4O2/c16-7-10-6-12(17-8-10)14(20)18-13-9-19(15(13)21)11-4-2-1-3-5-11/h1-6,8,13,17H,9H2,(H,18,20)/t13-/m1/s1. The Morgan fingerprint density at radius 3 is 2.76 bits per heavy atom. The third-order valence-electron chi connectivity index (χ3n) is 3.36. The second kappa shape index (κ2) is 5.13. The van der Waals surface area contributed by atoms with Crippen LogP contribution < -0.4 is 10.2 Å². The molecule has 1 aliphatic heterocycles. The third kappa shape index (κ3) is 2.37. The number of carbonyl (C=O) groups is 2. The van der Waals surface area contributed by atoms with Crippen LogP contribution in [0.15, 0.2) is 42.6 Å². The highest BCUT2D eigenvalue weighted by atomic mass is 16.2. The highest BCUT2D eigenvalue weighted by molar-refractivity contribution is 6.07. The zero-order chi connectivity index (χ0) is 14.8. The summed E-state index contributed by atoms with van der Waals surface area (Å²) in [5.74, 6) is -0.524. The zero-order valence-electron chi connectivity index (χ0n) is 11.0. The molecule has 2 aromatic rings. The first kappa shape index (κ1) is 12.9. The van der Waals surface area contributed by atoms with Gasteiger partial charge in [-0.25, -0.2) is 0 Å². The summed E-state index contributed by atoms with van der Waals surface area (Å²) in [4.78, 5) is 28.3. The molecule has 0 spiro atoms. The van der Waals surface area contributed by atoms with Gasteiger partial charge in [-0.1, -0.05) is 18.2 Å². The summed E-state index contributed by atoms with van der Waals surface area (Å²) in [6, 6.07) is 12.2. The van der Waals surface area contributed by atoms with E-state index in [1.807, 2.05) is 36.4 Å². The molecule has 104 valence electrons. The number of nitriles is 1. The topological polar surface area (TPSA) is 89.0 Å². The first-order chi connectivity index (χ1) is 10.2. The number of hydrogen-bond acceptors (Lipinski definition) is 3. The molecule has 21 heavy (non-hydrogen) atoms. The number of aromatic amines is 1. The number of aromatic nitrogens is 1. The fourth-order valence-electron chi connectivity index (χ4n) is 2.20. The van der Waals surface area contributed by atoms with Gasteiger partial charge in [0.1, 0.15) is 17.8 Å². The van der Waals surface area contributed by atoms with Crippen molar-refractivity contribution in [2.45, 2.75) is 6.04 Å². The minimum atomic E-state index is -0.522. The first-order valence-corrected chi connectivity index (χ1v) is 6.45. The summed E-state index contributed by atoms with van der Waals surface area (Å²) in [7, 11) is 0. The number of amides is 2. The number of para-hydroxylation sites is 1. The molecule has 0 radical (unpaired) electrons. The Morgan fingerprint density at radius 2 is 2.14 bits per heavy atom. The molecule has 0 bridgehead atoms. The van der Waals surface area contributed by atoms with Crippen LogP contribution in [0.5, 0.6) is 0 Å². The van der Waals surface area contributed by atoms with Crippen LogP contribution in [0, 0.1) is 11.3 Å². The molecule has 6 heteroatoms. The number of nitrogens with zero attached hydrogens (tertiary/aromatic N) is 2. The van der Waals surface area contributed by atoms with Crippen LogP contribution in [0.4, 0.5) is 5.69 Å². The molecule has 2 N–H and O–H groups in total. The first-order valence-electron chi connectivity index (χ1n) is 6.45. The van der Waals surface area contributed by atoms with Gasteiger partial charge in [-0.15, -0.1) is 0 Å². The Labute approximate surface area is 121 Å². The van der Waals surface area contributed by atoms with Crippen molar-refractivity contribution in [1.82, 2.24) is 10.3 Å². The summed E-state index contributed by atoms with van der Waals surface area (Å²) in [6.07, 6.45) is 1.45. The van der Waals surface area contributed by atoms with Gasteiger partial charge in [0.15, 0.2) is 0 Å². The van der Waals surface area contributed by atoms with Crippen molar-refractivity contribution >= 4 is 17.5 Å². The molecule has 1 aromatic heterocycles. The lowest BCUT2D eigenvalue weighted by Crippen LogP contribution is -2.64. The van der Waals surface area contributed by atoms with Gasteiger partial charge >= 0.3 is 0 Å². The van der Waals surface area contributed by atoms with Crippen molar-refractivity contribution in [2.75, 3.05) is 11.4 Å². The summed E-state index contributed by atoms with van der Waals surface area (Å²) >= 11 is 0. The van der Waals surface area contributed by atoms with Crippen molar-refractivity contribution in [3.63, 3.8) is 0 Å². The van der Waals surface area contributed by atoms with Gasteiger partial charge in [-0.05, 0) is 18.2 Å². The molecular weight excluding hydrogens is 268 g/mol. The number of hydrogen-bond donors (Lipinski definition) is 2. The maximum atomic E-state index is 12.0. The Balaban J connectivity index is 1.62. The van der Waals surface area contributed by atoms with Gasteiger partial charge in [-0.3, -0.25) is 9.59 Å². The maximum absolute atomic E-state index is 12.0. The quantitative estimate of drug-likeness (QED) is 0.823. The fraction of sp³-hybridized carbons (Fsp3) is 0.133. The van der Waals surface area contributed by atoms with E-state index < -0.39 is 6.04 Å². The van der Waals surface area contributed by atoms with Crippen molar-refractivity contribution in [2.24, 2.45) is 0 Å². The second-order valence-electron chi connectivity index (χ2n) is 4.72. The van der Waals surface area contributed by atoms with E-state index in [4.69, 9.17) is 5.26 Å². The Bertz CT molecular complexity index is 730. The fourth-order valence-corrected chi connectivity index (χ4v) is 2.20. The van der Waals surface area contributed by atoms with Gasteiger partial charge in [0.25, 0.3) is 11.8 Å². The van der Waals surface area contributed by atoms with Gasteiger partial charge in [0.2, 0.25) is 0 Å². The van der Waals surface area contributed by atoms with Gasteiger partial charge in [-0.2, -0.15) is 5.26 Å². The smallest absolute Gasteiger partial charge is 0.268 e. The Morgan fingerprint density at radius 1 is 1.38 bits per heavy atom. The van der Waals surface area contributed by atoms with Crippen LogP contribution in [0.25, 0.3) is 0 Å². The van der Waals surface area contributed by atoms with Gasteiger partial charge < -0.3 is 15.2 Å². The predicted molar refractivity (Wildman–Crippen MR) is 75.6 cm³/mol. The lowest BCUT2D eigenvalue weighted by atomic mass is 10.1. The van der Waals surface area contributed by atoms with Crippen molar-refractivity contribution in [1.29, 1.82) is 5.26 Å². The van der Waals surface area contributed by atoms with Crippen LogP contribution in [0.2, 0.25) is 0 Å². The maximum Gasteiger partial charge on any atom is 0.268 e. The molecule has 3 rings (SSSR count). The highest BCUT2D eigenvalue weighted by Gasteiger charge is 2.38. The van der Waals surface area contributed by atoms with Crippen LogP contribution in [0.1, 0.15) is 16.1 Å². The minimum absolute atomic E-state index is 0.137. The molecule has 0 saturated carbocycles. The second-order valence-corrected chi connectivity index (χ2v) is 4.72. The van der Waals surface area contributed by atoms with Crippen LogP contribution in [-0.4, -0.2) is 29.4 Å². The molecule has 1 atom stereocenters. The Kier molecular flexibility index (Phi) is 3.16. The van der Waals surface area contributed by atoms with Crippen LogP contribution >= 0.6 is 0 Å². The Hall–Kier alpha value is -3.07. The highest BCUT2D eigenvalue weighted by Crippen LogP contribution is 2.21. The molecule has 1 fully saturated rings. The number of nitrogens with one attached hydrogen (secondary N) is 2. The van der Waals surface area contributed by atoms with E-state index >= 15 is 0 Å². The molecular formula is C15H12N4O2. The number of carbonyl (C=O) groups excluding carboxylic acids is 2. The summed E-state index contributed by atoms with van der Waals surface area (Å²) in [5.41, 5.74) is 1.48. The minimum Gasteiger partial charge on any atom is -0.356 e. The van der Waals surface area contributed by atoms with Crippen LogP contribution in [-0.2, 0) is 4.79 Å². The zero-order valence-corrected chi connectivity index (χ0v) is 11.0. The number of rotatable bonds is 3. The molecule has 6 nitrogen and oxygen atoms in total. The normalized spacial score (nSPS) is 17.0. The molecule has 0 aliphatic carbocycles. The molecule has 1 aliphatic rings. The molecule has 2 amide bonds. The van der Waals surface area contributed by atoms with E-state index in [2.05, 4.69) is 10.3 Å². The number of β-lactam (4-membered cyclic amide) rings is 1. The number of anilines is 1. The number of H-pyrrole nitrogens is 1. The summed E-state index contributed by atoms with van der Waals surface area (Å²) in [6.45, 7) is 0.445. The van der Waals surface area contributed by atoms with Gasteiger partial charge in [0, 0.05) is 11.9 Å². The van der Waals surface area contributed by atoms with Gasteiger partial charge in [0.05, 0.1) is 12.1 Å². The molecule has 2 heterocycles. The van der Waals surface area contributed by atoms with E-state index in [0.29, 0.717) is 12.1 Å². The van der Waals surface area contributed by atoms with E-state index in [1.54, 1.807) is 4.90 Å². The van der Waals surface area contributed by atoms with E-state index in [9.17, 15) is 9.59 Å². The SMILES string of the molecule is N#Cc1c[nH]c(C(=O)N[C@@H]2CN(c3ccccc3)C2=O)c1. The molecule has 1 saturated heterocycles. The van der Waals surface area contributed by atoms with Crippen molar-refractivity contribution in [3.8, 4) is 6.07 Å². The predicted octanol–water partition coefficient (Wildman–Crippen LogP) is 1.03. The molecule has 0 unspecified atom stereocenters. The lowest BCUT2D eigenvalue weighted by molar-refractivity contribution is -0.124.